The minimum atomic E-state index is -0.830. The van der Waals surface area contributed by atoms with Crippen LogP contribution in [0, 0.1) is 6.92 Å². The molecule has 0 radical (unpaired) electrons. The van der Waals surface area contributed by atoms with E-state index in [1.807, 2.05) is 25.1 Å². The van der Waals surface area contributed by atoms with E-state index in [0.29, 0.717) is 11.1 Å². The number of primary amides is 1. The van der Waals surface area contributed by atoms with Gasteiger partial charge in [-0.05, 0) is 24.1 Å². The fourth-order valence-corrected chi connectivity index (χ4v) is 2.00. The Balaban J connectivity index is 2.24. The first kappa shape index (κ1) is 13.8. The first-order valence-electron chi connectivity index (χ1n) is 6.30. The molecule has 0 fully saturated rings. The number of rotatable bonds is 4. The van der Waals surface area contributed by atoms with E-state index >= 15 is 0 Å². The molecule has 102 valence electrons. The number of benzene rings is 2. The fraction of sp³-hybridized carbons (Fsp3) is 0.125. The molecule has 2 aromatic carbocycles. The average molecular weight is 268 g/mol. The van der Waals surface area contributed by atoms with E-state index in [-0.39, 0.29) is 5.91 Å². The predicted molar refractivity (Wildman–Crippen MR) is 77.0 cm³/mol. The molecular formula is C16H16N2O2. The molecule has 20 heavy (non-hydrogen) atoms. The molecule has 0 aliphatic heterocycles. The summed E-state index contributed by atoms with van der Waals surface area (Å²) in [5.41, 5.74) is 7.43. The lowest BCUT2D eigenvalue weighted by molar-refractivity contribution is -0.120. The van der Waals surface area contributed by atoms with Gasteiger partial charge < -0.3 is 11.1 Å². The molecule has 4 heteroatoms. The quantitative estimate of drug-likeness (QED) is 0.889. The summed E-state index contributed by atoms with van der Waals surface area (Å²) in [7, 11) is 0. The predicted octanol–water partition coefficient (Wildman–Crippen LogP) is 1.95. The Kier molecular flexibility index (Phi) is 4.15. The van der Waals surface area contributed by atoms with Gasteiger partial charge in [-0.2, -0.15) is 0 Å². The highest BCUT2D eigenvalue weighted by atomic mass is 16.2. The van der Waals surface area contributed by atoms with Crippen LogP contribution in [0.5, 0.6) is 0 Å². The van der Waals surface area contributed by atoms with Crippen LogP contribution in [0.25, 0.3) is 0 Å². The van der Waals surface area contributed by atoms with Gasteiger partial charge in [-0.3, -0.25) is 9.59 Å². The standard InChI is InChI=1S/C16H16N2O2/c1-11-7-5-6-10-13(11)16(20)18-14(15(17)19)12-8-3-2-4-9-12/h2-10,14H,1H3,(H2,17,19)(H,18,20). The summed E-state index contributed by atoms with van der Waals surface area (Å²) < 4.78 is 0. The lowest BCUT2D eigenvalue weighted by Gasteiger charge is -2.16. The third-order valence-corrected chi connectivity index (χ3v) is 3.08. The highest BCUT2D eigenvalue weighted by Gasteiger charge is 2.21. The van der Waals surface area contributed by atoms with Crippen molar-refractivity contribution in [2.24, 2.45) is 5.73 Å². The number of carbonyl (C=O) groups is 2. The van der Waals surface area contributed by atoms with Crippen LogP contribution in [0.1, 0.15) is 27.5 Å². The number of nitrogens with two attached hydrogens (primary N) is 1. The van der Waals surface area contributed by atoms with E-state index in [1.54, 1.807) is 36.4 Å². The van der Waals surface area contributed by atoms with Crippen LogP contribution < -0.4 is 11.1 Å². The molecule has 2 rings (SSSR count). The van der Waals surface area contributed by atoms with Crippen molar-refractivity contribution in [1.82, 2.24) is 5.32 Å². The van der Waals surface area contributed by atoms with Crippen molar-refractivity contribution in [3.8, 4) is 0 Å². The van der Waals surface area contributed by atoms with Crippen LogP contribution in [-0.4, -0.2) is 11.8 Å². The maximum Gasteiger partial charge on any atom is 0.252 e. The van der Waals surface area contributed by atoms with Crippen molar-refractivity contribution in [3.63, 3.8) is 0 Å². The van der Waals surface area contributed by atoms with Gasteiger partial charge in [0, 0.05) is 5.56 Å². The summed E-state index contributed by atoms with van der Waals surface area (Å²) in [6, 6.07) is 15.3. The molecule has 0 saturated carbocycles. The number of carbonyl (C=O) groups excluding carboxylic acids is 2. The van der Waals surface area contributed by atoms with Crippen LogP contribution in [-0.2, 0) is 4.79 Å². The van der Waals surface area contributed by atoms with E-state index < -0.39 is 11.9 Å². The summed E-state index contributed by atoms with van der Waals surface area (Å²) in [4.78, 5) is 23.8. The molecule has 1 atom stereocenters. The minimum absolute atomic E-state index is 0.309. The van der Waals surface area contributed by atoms with E-state index in [2.05, 4.69) is 5.32 Å². The second-order valence-corrected chi connectivity index (χ2v) is 4.53. The zero-order valence-electron chi connectivity index (χ0n) is 11.2. The topological polar surface area (TPSA) is 72.2 Å². The van der Waals surface area contributed by atoms with Crippen molar-refractivity contribution in [2.45, 2.75) is 13.0 Å². The molecule has 0 aliphatic carbocycles. The minimum Gasteiger partial charge on any atom is -0.368 e. The molecule has 2 amide bonds. The van der Waals surface area contributed by atoms with E-state index in [0.717, 1.165) is 5.56 Å². The van der Waals surface area contributed by atoms with Crippen LogP contribution in [0.15, 0.2) is 54.6 Å². The van der Waals surface area contributed by atoms with E-state index in [1.165, 1.54) is 0 Å². The maximum atomic E-state index is 12.2. The molecular weight excluding hydrogens is 252 g/mol. The van der Waals surface area contributed by atoms with Gasteiger partial charge >= 0.3 is 0 Å². The van der Waals surface area contributed by atoms with Crippen LogP contribution in [0.2, 0.25) is 0 Å². The Morgan fingerprint density at radius 2 is 1.60 bits per heavy atom. The highest BCUT2D eigenvalue weighted by molar-refractivity contribution is 5.98. The van der Waals surface area contributed by atoms with Gasteiger partial charge in [-0.1, -0.05) is 48.5 Å². The second-order valence-electron chi connectivity index (χ2n) is 4.53. The lowest BCUT2D eigenvalue weighted by Crippen LogP contribution is -2.37. The Hall–Kier alpha value is -2.62. The van der Waals surface area contributed by atoms with Crippen molar-refractivity contribution in [2.75, 3.05) is 0 Å². The number of hydrogen-bond acceptors (Lipinski definition) is 2. The Labute approximate surface area is 117 Å². The molecule has 0 aliphatic rings. The zero-order valence-corrected chi connectivity index (χ0v) is 11.2. The van der Waals surface area contributed by atoms with Crippen molar-refractivity contribution in [1.29, 1.82) is 0 Å². The molecule has 4 nitrogen and oxygen atoms in total. The molecule has 2 aromatic rings. The summed E-state index contributed by atoms with van der Waals surface area (Å²) in [6.45, 7) is 1.84. The maximum absolute atomic E-state index is 12.2. The molecule has 3 N–H and O–H groups in total. The largest absolute Gasteiger partial charge is 0.368 e. The SMILES string of the molecule is Cc1ccccc1C(=O)NC(C(N)=O)c1ccccc1. The van der Waals surface area contributed by atoms with E-state index in [4.69, 9.17) is 5.73 Å². The Bertz CT molecular complexity index is 623. The zero-order chi connectivity index (χ0) is 14.5. The Morgan fingerprint density at radius 1 is 1.00 bits per heavy atom. The van der Waals surface area contributed by atoms with Gasteiger partial charge in [0.15, 0.2) is 0 Å². The first-order valence-corrected chi connectivity index (χ1v) is 6.30. The third kappa shape index (κ3) is 3.03. The molecule has 0 saturated heterocycles. The number of aryl methyl sites for hydroxylation is 1. The molecule has 0 aromatic heterocycles. The van der Waals surface area contributed by atoms with Crippen molar-refractivity contribution in [3.05, 3.63) is 71.3 Å². The third-order valence-electron chi connectivity index (χ3n) is 3.08. The van der Waals surface area contributed by atoms with Gasteiger partial charge in [0.2, 0.25) is 5.91 Å². The average Bonchev–Trinajstić information content (AvgIpc) is 2.45. The molecule has 0 heterocycles. The van der Waals surface area contributed by atoms with E-state index in [9.17, 15) is 9.59 Å². The van der Waals surface area contributed by atoms with Gasteiger partial charge in [0.1, 0.15) is 6.04 Å². The summed E-state index contributed by atoms with van der Waals surface area (Å²) in [5, 5.41) is 2.68. The van der Waals surface area contributed by atoms with Crippen molar-refractivity contribution < 1.29 is 9.59 Å². The van der Waals surface area contributed by atoms with Gasteiger partial charge in [0.05, 0.1) is 0 Å². The summed E-state index contributed by atoms with van der Waals surface area (Å²) >= 11 is 0. The van der Waals surface area contributed by atoms with Crippen molar-refractivity contribution >= 4 is 11.8 Å². The Morgan fingerprint density at radius 3 is 2.20 bits per heavy atom. The van der Waals surface area contributed by atoms with Gasteiger partial charge in [0.25, 0.3) is 5.91 Å². The molecule has 0 bridgehead atoms. The monoisotopic (exact) mass is 268 g/mol. The van der Waals surface area contributed by atoms with Gasteiger partial charge in [-0.15, -0.1) is 0 Å². The van der Waals surface area contributed by atoms with Crippen LogP contribution >= 0.6 is 0 Å². The number of amides is 2. The number of nitrogens with one attached hydrogen (secondary N) is 1. The van der Waals surface area contributed by atoms with Crippen LogP contribution in [0.3, 0.4) is 0 Å². The first-order chi connectivity index (χ1) is 9.59. The normalized spacial score (nSPS) is 11.7. The second kappa shape index (κ2) is 6.02. The summed E-state index contributed by atoms with van der Waals surface area (Å²) in [6.07, 6.45) is 0. The smallest absolute Gasteiger partial charge is 0.252 e. The number of hydrogen-bond donors (Lipinski definition) is 2. The molecule has 1 unspecified atom stereocenters. The fourth-order valence-electron chi connectivity index (χ4n) is 2.00. The lowest BCUT2D eigenvalue weighted by atomic mass is 10.0. The summed E-state index contributed by atoms with van der Waals surface area (Å²) in [5.74, 6) is -0.895. The molecule has 0 spiro atoms. The van der Waals surface area contributed by atoms with Gasteiger partial charge in [-0.25, -0.2) is 0 Å². The highest BCUT2D eigenvalue weighted by Crippen LogP contribution is 2.14. The van der Waals surface area contributed by atoms with Crippen LogP contribution in [0.4, 0.5) is 0 Å².